The molecule has 9 heteroatoms. The van der Waals surface area contributed by atoms with Crippen LogP contribution in [0.2, 0.25) is 0 Å². The van der Waals surface area contributed by atoms with E-state index in [0.29, 0.717) is 11.8 Å². The molecule has 1 aromatic carbocycles. The van der Waals surface area contributed by atoms with Gasteiger partial charge >= 0.3 is 0 Å². The van der Waals surface area contributed by atoms with E-state index in [1.807, 2.05) is 45.3 Å². The maximum absolute atomic E-state index is 7.43. The first-order valence-electron chi connectivity index (χ1n) is 29.6. The molecule has 1 aliphatic heterocycles. The van der Waals surface area contributed by atoms with Crippen molar-refractivity contribution in [2.24, 2.45) is 47.3 Å². The molecule has 4 nitrogen and oxygen atoms in total. The predicted octanol–water partition coefficient (Wildman–Crippen LogP) is 23.1. The summed E-state index contributed by atoms with van der Waals surface area (Å²) in [5.41, 5.74) is 6.94. The van der Waals surface area contributed by atoms with E-state index in [1.54, 1.807) is 0 Å². The van der Waals surface area contributed by atoms with E-state index >= 15 is 0 Å². The Bertz CT molecular complexity index is 2540. The number of hydrogen-bond donors (Lipinski definition) is 0. The first-order chi connectivity index (χ1) is 35.6. The van der Waals surface area contributed by atoms with E-state index in [1.165, 1.54) is 172 Å². The topological polar surface area (TPSA) is 44.2 Å². The van der Waals surface area contributed by atoms with Gasteiger partial charge in [0, 0.05) is 26.4 Å². The zero-order valence-corrected chi connectivity index (χ0v) is 52.1. The number of thiophene rings is 4. The van der Waals surface area contributed by atoms with Crippen LogP contribution in [0.3, 0.4) is 0 Å². The van der Waals surface area contributed by atoms with Crippen LogP contribution in [0, 0.1) is 47.3 Å². The zero-order chi connectivity index (χ0) is 52.8. The minimum atomic E-state index is -0.345. The van der Waals surface area contributed by atoms with Gasteiger partial charge in [0.25, 0.3) is 0 Å². The van der Waals surface area contributed by atoms with Crippen molar-refractivity contribution in [1.29, 1.82) is 0 Å². The van der Waals surface area contributed by atoms with Crippen LogP contribution in [0.4, 0.5) is 0 Å². The van der Waals surface area contributed by atoms with Crippen LogP contribution in [0.25, 0.3) is 51.4 Å². The number of aromatic nitrogens is 2. The van der Waals surface area contributed by atoms with E-state index in [2.05, 4.69) is 130 Å². The van der Waals surface area contributed by atoms with Crippen LogP contribution in [0.5, 0.6) is 11.5 Å². The highest BCUT2D eigenvalue weighted by Gasteiger charge is 2.43. The minimum absolute atomic E-state index is 0.345. The average Bonchev–Trinajstić information content (AvgIpc) is 4.21. The summed E-state index contributed by atoms with van der Waals surface area (Å²) in [7, 11) is 0. The molecule has 4 atom stereocenters. The monoisotopic (exact) mass is 1100 g/mol. The third-order valence-electron chi connectivity index (χ3n) is 16.2. The standard InChI is InChI=1S/C65H96N2O2S5/c1-43(2)19-13-23-47(9)27-17-29-51-41-57(72-61(51)63-55(34-39-70-63)68-38-18-28-48(10)24-14-20-44(3)4)52-30-31-53(60-59(52)66-74-67-60)58-42-54-62(73-58)64-56(35-40-71-64)69-65(54,36-32-49(11)25-15-21-45(5)6)37-33-50(12)26-16-22-46(7)8/h30-31,34-35,39-50H,13-29,32-33,36-38H2,1-12H3. The molecule has 1 aliphatic rings. The first-order valence-corrected chi connectivity index (χ1v) is 33.7. The average molecular weight is 1100 g/mol. The molecule has 0 N–H and O–H groups in total. The van der Waals surface area contributed by atoms with Crippen molar-refractivity contribution in [1.82, 2.24) is 8.75 Å². The second kappa shape index (κ2) is 28.9. The van der Waals surface area contributed by atoms with E-state index in [9.17, 15) is 0 Å². The molecule has 0 bridgehead atoms. The lowest BCUT2D eigenvalue weighted by molar-refractivity contribution is 0.0324. The lowest BCUT2D eigenvalue weighted by atomic mass is 9.78. The fourth-order valence-corrected chi connectivity index (χ4v) is 16.5. The van der Waals surface area contributed by atoms with Crippen molar-refractivity contribution in [3.05, 3.63) is 58.3 Å². The fraction of sp³-hybridized carbons (Fsp3) is 0.662. The number of hydrogen-bond acceptors (Lipinski definition) is 9. The molecule has 0 aliphatic carbocycles. The Labute approximate surface area is 470 Å². The van der Waals surface area contributed by atoms with Crippen molar-refractivity contribution in [3.63, 3.8) is 0 Å². The third kappa shape index (κ3) is 16.5. The maximum atomic E-state index is 7.43. The molecule has 0 radical (unpaired) electrons. The smallest absolute Gasteiger partial charge is 0.140 e. The van der Waals surface area contributed by atoms with Gasteiger partial charge in [0.1, 0.15) is 28.1 Å². The van der Waals surface area contributed by atoms with Gasteiger partial charge in [-0.25, -0.2) is 0 Å². The highest BCUT2D eigenvalue weighted by Crippen LogP contribution is 2.57. The Balaban J connectivity index is 1.18. The summed E-state index contributed by atoms with van der Waals surface area (Å²) in [5.74, 6) is 8.04. The van der Waals surface area contributed by atoms with Crippen LogP contribution >= 0.6 is 57.1 Å². The van der Waals surface area contributed by atoms with Crippen molar-refractivity contribution in [2.75, 3.05) is 6.61 Å². The van der Waals surface area contributed by atoms with Crippen molar-refractivity contribution < 1.29 is 9.47 Å². The van der Waals surface area contributed by atoms with Gasteiger partial charge in [-0.3, -0.25) is 0 Å². The van der Waals surface area contributed by atoms with Crippen LogP contribution in [-0.2, 0) is 12.0 Å². The van der Waals surface area contributed by atoms with Gasteiger partial charge in [0.15, 0.2) is 0 Å². The van der Waals surface area contributed by atoms with Crippen molar-refractivity contribution >= 4 is 68.1 Å². The van der Waals surface area contributed by atoms with Gasteiger partial charge < -0.3 is 9.47 Å². The Hall–Kier alpha value is -2.56. The summed E-state index contributed by atoms with van der Waals surface area (Å²) in [6.45, 7) is 29.4. The minimum Gasteiger partial charge on any atom is -0.492 e. The molecule has 0 amide bonds. The lowest BCUT2D eigenvalue weighted by Gasteiger charge is -2.39. The largest absolute Gasteiger partial charge is 0.492 e. The molecule has 5 aromatic heterocycles. The Kier molecular flexibility index (Phi) is 23.1. The molecule has 4 unspecified atom stereocenters. The maximum Gasteiger partial charge on any atom is 0.140 e. The summed E-state index contributed by atoms with van der Waals surface area (Å²) in [6, 6.07) is 14.2. The highest BCUT2D eigenvalue weighted by atomic mass is 32.1. The van der Waals surface area contributed by atoms with Crippen LogP contribution in [0.15, 0.2) is 47.2 Å². The van der Waals surface area contributed by atoms with E-state index in [-0.39, 0.29) is 5.60 Å². The summed E-state index contributed by atoms with van der Waals surface area (Å²) in [5, 5.41) is 4.48. The van der Waals surface area contributed by atoms with Gasteiger partial charge in [-0.2, -0.15) is 8.75 Å². The number of aryl methyl sites for hydroxylation is 1. The molecule has 408 valence electrons. The third-order valence-corrected chi connectivity index (χ3v) is 21.2. The number of rotatable bonds is 34. The van der Waals surface area contributed by atoms with Crippen LogP contribution in [0.1, 0.15) is 223 Å². The van der Waals surface area contributed by atoms with Gasteiger partial charge in [-0.05, 0) is 139 Å². The number of ether oxygens (including phenoxy) is 2. The van der Waals surface area contributed by atoms with Gasteiger partial charge in [-0.15, -0.1) is 45.3 Å². The second-order valence-corrected chi connectivity index (χ2v) is 29.4. The summed E-state index contributed by atoms with van der Waals surface area (Å²) in [4.78, 5) is 7.92. The molecule has 0 saturated heterocycles. The van der Waals surface area contributed by atoms with Crippen molar-refractivity contribution in [3.8, 4) is 51.9 Å². The SMILES string of the molecule is CC(C)CCCC(C)CCCOc1ccsc1-c1sc(-c2ccc(-c3cc4c(s3)-c3sccc3OC4(CCC(C)CCCC(C)C)CCC(C)CCCC(C)C)c3nsnc23)cc1CCCC(C)CCCC(C)C. The fourth-order valence-electron chi connectivity index (χ4n) is 11.4. The Morgan fingerprint density at radius 2 is 0.959 bits per heavy atom. The molecule has 6 aromatic rings. The molecule has 0 spiro atoms. The van der Waals surface area contributed by atoms with E-state index < -0.39 is 0 Å². The van der Waals surface area contributed by atoms with Gasteiger partial charge in [0.2, 0.25) is 0 Å². The number of nitrogens with zero attached hydrogens (tertiary/aromatic N) is 2. The van der Waals surface area contributed by atoms with Gasteiger partial charge in [-0.1, -0.05) is 179 Å². The first kappa shape index (κ1) is 59.1. The molecule has 6 heterocycles. The summed E-state index contributed by atoms with van der Waals surface area (Å²) < 4.78 is 24.4. The number of fused-ring (bicyclic) bond motifs is 4. The van der Waals surface area contributed by atoms with Gasteiger partial charge in [0.05, 0.1) is 37.8 Å². The second-order valence-electron chi connectivity index (χ2n) is 24.9. The Morgan fingerprint density at radius 1 is 0.486 bits per heavy atom. The number of benzene rings is 1. The Morgan fingerprint density at radius 3 is 1.51 bits per heavy atom. The predicted molar refractivity (Wildman–Crippen MR) is 331 cm³/mol. The quantitative estimate of drug-likeness (QED) is 0.0378. The van der Waals surface area contributed by atoms with Crippen molar-refractivity contribution in [2.45, 2.75) is 224 Å². The molecule has 74 heavy (non-hydrogen) atoms. The molecule has 0 fully saturated rings. The summed E-state index contributed by atoms with van der Waals surface area (Å²) >= 11 is 8.92. The van der Waals surface area contributed by atoms with E-state index in [4.69, 9.17) is 18.2 Å². The zero-order valence-electron chi connectivity index (χ0n) is 48.0. The highest BCUT2D eigenvalue weighted by molar-refractivity contribution is 7.24. The van der Waals surface area contributed by atoms with Crippen LogP contribution in [-0.4, -0.2) is 15.4 Å². The lowest BCUT2D eigenvalue weighted by Crippen LogP contribution is -2.36. The normalized spacial score (nSPS) is 16.4. The molecule has 7 rings (SSSR count). The molecular formula is C65H96N2O2S5. The van der Waals surface area contributed by atoms with E-state index in [0.717, 1.165) is 90.3 Å². The van der Waals surface area contributed by atoms with Crippen LogP contribution < -0.4 is 9.47 Å². The molecular weight excluding hydrogens is 1000 g/mol. The summed E-state index contributed by atoms with van der Waals surface area (Å²) in [6.07, 6.45) is 26.1. The molecule has 0 saturated carbocycles.